The highest BCUT2D eigenvalue weighted by atomic mass is 32.2. The third kappa shape index (κ3) is 3.44. The molecule has 2 heterocycles. The van der Waals surface area contributed by atoms with Gasteiger partial charge in [0.2, 0.25) is 11.9 Å². The van der Waals surface area contributed by atoms with E-state index in [9.17, 15) is 0 Å². The van der Waals surface area contributed by atoms with Gasteiger partial charge in [0.15, 0.2) is 5.16 Å². The van der Waals surface area contributed by atoms with Gasteiger partial charge in [-0.2, -0.15) is 15.0 Å². The largest absolute Gasteiger partial charge is 0.368 e. The number of allylic oxidation sites excluding steroid dienone is 1. The molecule has 0 spiro atoms. The molecule has 0 unspecified atom stereocenters. The molecule has 0 bridgehead atoms. The summed E-state index contributed by atoms with van der Waals surface area (Å²) < 4.78 is 1.90. The Hall–Kier alpha value is -2.16. The van der Waals surface area contributed by atoms with Gasteiger partial charge in [-0.05, 0) is 0 Å². The summed E-state index contributed by atoms with van der Waals surface area (Å²) in [6.45, 7) is 4.36. The van der Waals surface area contributed by atoms with Crippen molar-refractivity contribution in [2.45, 2.75) is 17.5 Å². The molecule has 2 aromatic rings. The van der Waals surface area contributed by atoms with Gasteiger partial charge < -0.3 is 15.2 Å². The minimum atomic E-state index is 0.215. The average Bonchev–Trinajstić information content (AvgIpc) is 2.83. The van der Waals surface area contributed by atoms with Crippen molar-refractivity contribution in [3.63, 3.8) is 0 Å². The summed E-state index contributed by atoms with van der Waals surface area (Å²) in [6.07, 6.45) is 3.45. The zero-order valence-corrected chi connectivity index (χ0v) is 12.2. The van der Waals surface area contributed by atoms with Crippen molar-refractivity contribution in [1.29, 1.82) is 0 Å². The van der Waals surface area contributed by atoms with Crippen molar-refractivity contribution in [1.82, 2.24) is 29.7 Å². The van der Waals surface area contributed by atoms with E-state index in [0.29, 0.717) is 24.1 Å². The summed E-state index contributed by atoms with van der Waals surface area (Å²) >= 11 is 1.49. The van der Waals surface area contributed by atoms with E-state index in [1.54, 1.807) is 17.3 Å². The maximum Gasteiger partial charge on any atom is 0.229 e. The van der Waals surface area contributed by atoms with Gasteiger partial charge >= 0.3 is 0 Å². The van der Waals surface area contributed by atoms with Gasteiger partial charge in [-0.15, -0.1) is 16.8 Å². The second kappa shape index (κ2) is 6.33. The van der Waals surface area contributed by atoms with E-state index in [-0.39, 0.29) is 5.95 Å². The summed E-state index contributed by atoms with van der Waals surface area (Å²) in [6, 6.07) is 0. The predicted octanol–water partition coefficient (Wildman–Crippen LogP) is 0.590. The number of hydrogen-bond donors (Lipinski definition) is 1. The monoisotopic (exact) mass is 292 g/mol. The van der Waals surface area contributed by atoms with Crippen LogP contribution in [0.2, 0.25) is 0 Å². The van der Waals surface area contributed by atoms with Crippen LogP contribution in [0.5, 0.6) is 0 Å². The molecule has 20 heavy (non-hydrogen) atoms. The molecular weight excluding hydrogens is 276 g/mol. The van der Waals surface area contributed by atoms with Gasteiger partial charge in [-0.3, -0.25) is 0 Å². The minimum absolute atomic E-state index is 0.215. The van der Waals surface area contributed by atoms with Crippen LogP contribution in [0, 0.1) is 0 Å². The number of nitrogen functional groups attached to an aromatic ring is 1. The molecule has 106 valence electrons. The Bertz CT molecular complexity index is 594. The number of nitrogens with zero attached hydrogens (tertiary/aromatic N) is 7. The van der Waals surface area contributed by atoms with Crippen LogP contribution in [-0.4, -0.2) is 43.8 Å². The number of rotatable bonds is 6. The number of thioether (sulfide) groups is 1. The van der Waals surface area contributed by atoms with Gasteiger partial charge in [0.25, 0.3) is 0 Å². The molecule has 0 aliphatic heterocycles. The minimum Gasteiger partial charge on any atom is -0.368 e. The molecule has 0 fully saturated rings. The maximum absolute atomic E-state index is 5.68. The number of anilines is 2. The van der Waals surface area contributed by atoms with Crippen LogP contribution in [0.1, 0.15) is 5.82 Å². The number of hydrogen-bond acceptors (Lipinski definition) is 8. The van der Waals surface area contributed by atoms with E-state index in [2.05, 4.69) is 31.7 Å². The Balaban J connectivity index is 2.10. The summed E-state index contributed by atoms with van der Waals surface area (Å²) in [5.74, 6) is 1.91. The SMILES string of the molecule is C=CCn1cnnc1SCc1nc(N)nc(N(C)C)n1. The molecule has 9 heteroatoms. The molecule has 0 aliphatic rings. The third-order valence-corrected chi connectivity index (χ3v) is 3.30. The van der Waals surface area contributed by atoms with Gasteiger partial charge in [0.05, 0.1) is 5.75 Å². The van der Waals surface area contributed by atoms with E-state index in [0.717, 1.165) is 5.16 Å². The second-order valence-corrected chi connectivity index (χ2v) is 5.09. The highest BCUT2D eigenvalue weighted by Crippen LogP contribution is 2.19. The Morgan fingerprint density at radius 3 is 2.90 bits per heavy atom. The lowest BCUT2D eigenvalue weighted by Gasteiger charge is -2.11. The first-order valence-electron chi connectivity index (χ1n) is 5.89. The fourth-order valence-electron chi connectivity index (χ4n) is 1.44. The lowest BCUT2D eigenvalue weighted by Crippen LogP contribution is -2.16. The van der Waals surface area contributed by atoms with E-state index in [1.807, 2.05) is 18.7 Å². The fraction of sp³-hybridized carbons (Fsp3) is 0.364. The maximum atomic E-state index is 5.68. The molecule has 0 amide bonds. The molecule has 0 saturated heterocycles. The Kier molecular flexibility index (Phi) is 4.51. The highest BCUT2D eigenvalue weighted by molar-refractivity contribution is 7.98. The van der Waals surface area contributed by atoms with Crippen molar-refractivity contribution in [2.24, 2.45) is 0 Å². The normalized spacial score (nSPS) is 10.5. The summed E-state index contributed by atoms with van der Waals surface area (Å²) in [4.78, 5) is 14.3. The molecule has 0 atom stereocenters. The number of aromatic nitrogens is 6. The van der Waals surface area contributed by atoms with Gasteiger partial charge in [0.1, 0.15) is 12.2 Å². The number of nitrogens with two attached hydrogens (primary N) is 1. The van der Waals surface area contributed by atoms with Crippen molar-refractivity contribution in [2.75, 3.05) is 24.7 Å². The average molecular weight is 292 g/mol. The Morgan fingerprint density at radius 2 is 2.20 bits per heavy atom. The van der Waals surface area contributed by atoms with Crippen molar-refractivity contribution in [3.05, 3.63) is 24.8 Å². The molecule has 0 aromatic carbocycles. The van der Waals surface area contributed by atoms with Crippen molar-refractivity contribution < 1.29 is 0 Å². The quantitative estimate of drug-likeness (QED) is 0.610. The highest BCUT2D eigenvalue weighted by Gasteiger charge is 2.09. The van der Waals surface area contributed by atoms with E-state index in [1.165, 1.54) is 11.8 Å². The predicted molar refractivity (Wildman–Crippen MR) is 78.3 cm³/mol. The molecule has 0 saturated carbocycles. The lowest BCUT2D eigenvalue weighted by molar-refractivity contribution is 0.724. The lowest BCUT2D eigenvalue weighted by atomic mass is 10.6. The Morgan fingerprint density at radius 1 is 1.40 bits per heavy atom. The van der Waals surface area contributed by atoms with Crippen LogP contribution in [0.4, 0.5) is 11.9 Å². The molecule has 2 N–H and O–H groups in total. The fourth-order valence-corrected chi connectivity index (χ4v) is 2.22. The van der Waals surface area contributed by atoms with E-state index < -0.39 is 0 Å². The summed E-state index contributed by atoms with van der Waals surface area (Å²) in [7, 11) is 3.71. The molecule has 8 nitrogen and oxygen atoms in total. The van der Waals surface area contributed by atoms with E-state index in [4.69, 9.17) is 5.73 Å². The van der Waals surface area contributed by atoms with Gasteiger partial charge in [-0.25, -0.2) is 0 Å². The standard InChI is InChI=1S/C11H16N8S/c1-4-5-19-7-13-17-11(19)20-6-8-14-9(12)16-10(15-8)18(2)3/h4,7H,1,5-6H2,2-3H3,(H2,12,14,15,16). The third-order valence-electron chi connectivity index (χ3n) is 2.32. The van der Waals surface area contributed by atoms with Crippen LogP contribution >= 0.6 is 11.8 Å². The molecule has 2 rings (SSSR count). The zero-order valence-electron chi connectivity index (χ0n) is 11.4. The molecule has 0 radical (unpaired) electrons. The van der Waals surface area contributed by atoms with Gasteiger partial charge in [-0.1, -0.05) is 17.8 Å². The smallest absolute Gasteiger partial charge is 0.229 e. The first-order chi connectivity index (χ1) is 9.60. The van der Waals surface area contributed by atoms with Crippen LogP contribution in [0.25, 0.3) is 0 Å². The Labute approximate surface area is 121 Å². The van der Waals surface area contributed by atoms with Crippen LogP contribution in [-0.2, 0) is 12.3 Å². The van der Waals surface area contributed by atoms with Crippen molar-refractivity contribution in [3.8, 4) is 0 Å². The van der Waals surface area contributed by atoms with E-state index >= 15 is 0 Å². The molecule has 0 aliphatic carbocycles. The molecule has 2 aromatic heterocycles. The van der Waals surface area contributed by atoms with Crippen molar-refractivity contribution >= 4 is 23.7 Å². The van der Waals surface area contributed by atoms with Crippen LogP contribution in [0.15, 0.2) is 24.1 Å². The summed E-state index contributed by atoms with van der Waals surface area (Å²) in [5.41, 5.74) is 5.68. The first kappa shape index (κ1) is 14.3. The summed E-state index contributed by atoms with van der Waals surface area (Å²) in [5, 5.41) is 8.71. The molecular formula is C11H16N8S. The topological polar surface area (TPSA) is 98.6 Å². The van der Waals surface area contributed by atoms with Gasteiger partial charge in [0, 0.05) is 20.6 Å². The van der Waals surface area contributed by atoms with Crippen LogP contribution in [0.3, 0.4) is 0 Å². The zero-order chi connectivity index (χ0) is 14.5. The first-order valence-corrected chi connectivity index (χ1v) is 6.88. The second-order valence-electron chi connectivity index (χ2n) is 4.15. The van der Waals surface area contributed by atoms with Crippen LogP contribution < -0.4 is 10.6 Å².